The van der Waals surface area contributed by atoms with Crippen LogP contribution in [-0.2, 0) is 6.54 Å². The van der Waals surface area contributed by atoms with Gasteiger partial charge in [-0.15, -0.1) is 0 Å². The number of benzene rings is 1. The maximum absolute atomic E-state index is 12.2. The molecule has 120 valence electrons. The number of rotatable bonds is 7. The molecule has 22 heavy (non-hydrogen) atoms. The Morgan fingerprint density at radius 1 is 1.05 bits per heavy atom. The molecule has 5 heteroatoms. The normalized spacial score (nSPS) is 11.1. The highest BCUT2D eigenvalue weighted by molar-refractivity contribution is 5.89. The fourth-order valence-electron chi connectivity index (χ4n) is 2.71. The van der Waals surface area contributed by atoms with Crippen molar-refractivity contribution >= 4 is 16.6 Å². The number of unbranched alkanes of at least 4 members (excludes halogenated alkanes) is 5. The van der Waals surface area contributed by atoms with E-state index >= 15 is 0 Å². The Hall–Kier alpha value is -2.17. The van der Waals surface area contributed by atoms with Crippen molar-refractivity contribution in [3.05, 3.63) is 28.6 Å². The number of hydrogen-bond donors (Lipinski definition) is 3. The summed E-state index contributed by atoms with van der Waals surface area (Å²) >= 11 is 0. The zero-order chi connectivity index (χ0) is 16.1. The van der Waals surface area contributed by atoms with Crippen molar-refractivity contribution in [1.29, 1.82) is 0 Å². The zero-order valence-corrected chi connectivity index (χ0v) is 13.0. The van der Waals surface area contributed by atoms with Gasteiger partial charge in [-0.3, -0.25) is 4.79 Å². The van der Waals surface area contributed by atoms with Gasteiger partial charge in [0.1, 0.15) is 0 Å². The average Bonchev–Trinajstić information content (AvgIpc) is 2.51. The smallest absolute Gasteiger partial charge is 0.297 e. The summed E-state index contributed by atoms with van der Waals surface area (Å²) in [5.74, 6) is -0.970. The standard InChI is InChI=1S/C17H24N2O3/c1-2-3-4-5-6-7-10-19-14-11-12(18)8-9-13(14)15(20)16(21)17(19)22/h8-9,11,20-21H,2-7,10,18H2,1H3. The molecule has 2 aromatic rings. The SMILES string of the molecule is CCCCCCCCn1c(=O)c(O)c(O)c2ccc(N)cc21. The highest BCUT2D eigenvalue weighted by atomic mass is 16.3. The molecule has 5 nitrogen and oxygen atoms in total. The molecular formula is C17H24N2O3. The van der Waals surface area contributed by atoms with E-state index in [0.29, 0.717) is 23.1 Å². The van der Waals surface area contributed by atoms with Gasteiger partial charge in [0, 0.05) is 17.6 Å². The van der Waals surface area contributed by atoms with Gasteiger partial charge in [0.15, 0.2) is 5.75 Å². The molecule has 0 spiro atoms. The van der Waals surface area contributed by atoms with Gasteiger partial charge in [-0.05, 0) is 24.6 Å². The first-order valence-electron chi connectivity index (χ1n) is 7.90. The molecule has 0 saturated heterocycles. The molecule has 0 saturated carbocycles. The number of nitrogens with two attached hydrogens (primary N) is 1. The monoisotopic (exact) mass is 304 g/mol. The molecule has 2 rings (SSSR count). The van der Waals surface area contributed by atoms with Gasteiger partial charge >= 0.3 is 0 Å². The molecule has 0 aliphatic carbocycles. The largest absolute Gasteiger partial charge is 0.504 e. The number of aromatic hydroxyl groups is 2. The number of aromatic nitrogens is 1. The Bertz CT molecular complexity index is 707. The topological polar surface area (TPSA) is 88.5 Å². The second kappa shape index (κ2) is 7.20. The molecule has 0 atom stereocenters. The van der Waals surface area contributed by atoms with Crippen LogP contribution in [0.15, 0.2) is 23.0 Å². The first kappa shape index (κ1) is 16.2. The summed E-state index contributed by atoms with van der Waals surface area (Å²) in [6, 6.07) is 4.92. The number of fused-ring (bicyclic) bond motifs is 1. The van der Waals surface area contributed by atoms with Crippen LogP contribution >= 0.6 is 0 Å². The van der Waals surface area contributed by atoms with Crippen LogP contribution in [0.25, 0.3) is 10.9 Å². The van der Waals surface area contributed by atoms with Gasteiger partial charge in [0.25, 0.3) is 5.56 Å². The summed E-state index contributed by atoms with van der Waals surface area (Å²) in [7, 11) is 0. The third-order valence-electron chi connectivity index (χ3n) is 3.98. The minimum Gasteiger partial charge on any atom is -0.504 e. The third-order valence-corrected chi connectivity index (χ3v) is 3.98. The maximum Gasteiger partial charge on any atom is 0.297 e. The van der Waals surface area contributed by atoms with Crippen molar-refractivity contribution in [3.63, 3.8) is 0 Å². The van der Waals surface area contributed by atoms with Crippen molar-refractivity contribution in [2.75, 3.05) is 5.73 Å². The molecule has 4 N–H and O–H groups in total. The Morgan fingerprint density at radius 3 is 2.45 bits per heavy atom. The number of pyridine rings is 1. The Labute approximate surface area is 130 Å². The van der Waals surface area contributed by atoms with E-state index in [-0.39, 0.29) is 5.75 Å². The summed E-state index contributed by atoms with van der Waals surface area (Å²) in [6.45, 7) is 2.69. The van der Waals surface area contributed by atoms with Crippen LogP contribution in [0.2, 0.25) is 0 Å². The molecule has 0 bridgehead atoms. The Kier molecular flexibility index (Phi) is 5.31. The van der Waals surface area contributed by atoms with E-state index < -0.39 is 11.3 Å². The van der Waals surface area contributed by atoms with E-state index in [4.69, 9.17) is 5.73 Å². The summed E-state index contributed by atoms with van der Waals surface area (Å²) < 4.78 is 1.50. The molecule has 1 heterocycles. The predicted molar refractivity (Wildman–Crippen MR) is 89.3 cm³/mol. The van der Waals surface area contributed by atoms with E-state index in [1.165, 1.54) is 23.8 Å². The van der Waals surface area contributed by atoms with Gasteiger partial charge in [-0.1, -0.05) is 39.0 Å². The number of aryl methyl sites for hydroxylation is 1. The second-order valence-corrected chi connectivity index (χ2v) is 5.70. The summed E-state index contributed by atoms with van der Waals surface area (Å²) in [5.41, 5.74) is 6.30. The molecule has 1 aromatic carbocycles. The van der Waals surface area contributed by atoms with Crippen LogP contribution in [0, 0.1) is 0 Å². The summed E-state index contributed by atoms with van der Waals surface area (Å²) in [4.78, 5) is 12.2. The van der Waals surface area contributed by atoms with Crippen molar-refractivity contribution in [2.45, 2.75) is 52.0 Å². The molecule has 0 radical (unpaired) electrons. The number of nitrogen functional groups attached to an aromatic ring is 1. The van der Waals surface area contributed by atoms with Gasteiger partial charge in [-0.25, -0.2) is 0 Å². The molecule has 1 aromatic heterocycles. The lowest BCUT2D eigenvalue weighted by molar-refractivity contribution is 0.396. The number of nitrogens with zero attached hydrogens (tertiary/aromatic N) is 1. The highest BCUT2D eigenvalue weighted by Crippen LogP contribution is 2.31. The fourth-order valence-corrected chi connectivity index (χ4v) is 2.71. The number of hydrogen-bond acceptors (Lipinski definition) is 4. The van der Waals surface area contributed by atoms with Crippen LogP contribution in [0.1, 0.15) is 45.4 Å². The summed E-state index contributed by atoms with van der Waals surface area (Å²) in [5, 5.41) is 20.2. The van der Waals surface area contributed by atoms with Gasteiger partial charge in [-0.2, -0.15) is 0 Å². The molecule has 0 aliphatic rings. The predicted octanol–water partition coefficient (Wildman–Crippen LogP) is 3.36. The van der Waals surface area contributed by atoms with Crippen LogP contribution in [-0.4, -0.2) is 14.8 Å². The van der Waals surface area contributed by atoms with Gasteiger partial charge in [0.05, 0.1) is 5.52 Å². The molecule has 0 amide bonds. The lowest BCUT2D eigenvalue weighted by Gasteiger charge is -2.13. The van der Waals surface area contributed by atoms with Crippen molar-refractivity contribution in [2.24, 2.45) is 0 Å². The van der Waals surface area contributed by atoms with E-state index in [1.807, 2.05) is 0 Å². The Balaban J connectivity index is 2.24. The lowest BCUT2D eigenvalue weighted by Crippen LogP contribution is -2.20. The minimum atomic E-state index is -0.594. The van der Waals surface area contributed by atoms with Gasteiger partial charge in [0.2, 0.25) is 5.75 Å². The van der Waals surface area contributed by atoms with E-state index in [9.17, 15) is 15.0 Å². The van der Waals surface area contributed by atoms with Crippen molar-refractivity contribution < 1.29 is 10.2 Å². The van der Waals surface area contributed by atoms with E-state index in [2.05, 4.69) is 6.92 Å². The Morgan fingerprint density at radius 2 is 1.73 bits per heavy atom. The van der Waals surface area contributed by atoms with Crippen LogP contribution < -0.4 is 11.3 Å². The fraction of sp³-hybridized carbons (Fsp3) is 0.471. The van der Waals surface area contributed by atoms with Crippen LogP contribution in [0.4, 0.5) is 5.69 Å². The average molecular weight is 304 g/mol. The van der Waals surface area contributed by atoms with Crippen molar-refractivity contribution in [1.82, 2.24) is 4.57 Å². The minimum absolute atomic E-state index is 0.376. The summed E-state index contributed by atoms with van der Waals surface area (Å²) in [6.07, 6.45) is 6.69. The number of anilines is 1. The lowest BCUT2D eigenvalue weighted by atomic mass is 10.1. The second-order valence-electron chi connectivity index (χ2n) is 5.70. The maximum atomic E-state index is 12.2. The van der Waals surface area contributed by atoms with Gasteiger partial charge < -0.3 is 20.5 Å². The molecule has 0 unspecified atom stereocenters. The van der Waals surface area contributed by atoms with Crippen LogP contribution in [0.3, 0.4) is 0 Å². The molecule has 0 aliphatic heterocycles. The molecule has 0 fully saturated rings. The first-order valence-corrected chi connectivity index (χ1v) is 7.90. The van der Waals surface area contributed by atoms with E-state index in [1.54, 1.807) is 18.2 Å². The zero-order valence-electron chi connectivity index (χ0n) is 13.0. The first-order chi connectivity index (χ1) is 10.6. The van der Waals surface area contributed by atoms with Crippen LogP contribution in [0.5, 0.6) is 11.5 Å². The molecular weight excluding hydrogens is 280 g/mol. The van der Waals surface area contributed by atoms with Crippen molar-refractivity contribution in [3.8, 4) is 11.5 Å². The third kappa shape index (κ3) is 3.35. The van der Waals surface area contributed by atoms with E-state index in [0.717, 1.165) is 19.3 Å². The quantitative estimate of drug-likeness (QED) is 0.540. The highest BCUT2D eigenvalue weighted by Gasteiger charge is 2.15.